The van der Waals surface area contributed by atoms with Gasteiger partial charge in [-0.25, -0.2) is 0 Å². The first-order valence-corrected chi connectivity index (χ1v) is 33.1. The summed E-state index contributed by atoms with van der Waals surface area (Å²) in [5.74, 6) is 7.39. The molecule has 79 heavy (non-hydrogen) atoms. The molecule has 0 radical (unpaired) electrons. The third kappa shape index (κ3) is 23.6. The van der Waals surface area contributed by atoms with Gasteiger partial charge in [0.25, 0.3) is 0 Å². The first-order chi connectivity index (χ1) is 38.6. The van der Waals surface area contributed by atoms with Crippen LogP contribution in [0.3, 0.4) is 0 Å². The molecule has 0 aliphatic heterocycles. The summed E-state index contributed by atoms with van der Waals surface area (Å²) in [5.41, 5.74) is 5.75. The SMILES string of the molecule is CCCCC(CC)COc1cc(/C=C/c2ccc(/C=C/c3cc(OCC(CC)CCCC)c(OCC(CC)CCCC)c(OCC(CC)CCCC)c3)c3nsnc23)cc(OCC(CC)CCCC)c1OCC(CC)CCCC. The first-order valence-electron chi connectivity index (χ1n) is 32.4. The summed E-state index contributed by atoms with van der Waals surface area (Å²) in [5, 5.41) is 0. The highest BCUT2D eigenvalue weighted by atomic mass is 32.1. The number of hydrogen-bond donors (Lipinski definition) is 0. The van der Waals surface area contributed by atoms with Gasteiger partial charge in [0.15, 0.2) is 23.0 Å². The van der Waals surface area contributed by atoms with Gasteiger partial charge in [-0.3, -0.25) is 0 Å². The predicted molar refractivity (Wildman–Crippen MR) is 341 cm³/mol. The molecule has 4 rings (SSSR count). The Labute approximate surface area is 487 Å². The molecule has 4 aromatic rings. The zero-order chi connectivity index (χ0) is 57.0. The van der Waals surface area contributed by atoms with E-state index >= 15 is 0 Å². The van der Waals surface area contributed by atoms with E-state index in [4.69, 9.17) is 37.2 Å². The van der Waals surface area contributed by atoms with Gasteiger partial charge in [-0.15, -0.1) is 0 Å². The molecule has 444 valence electrons. The third-order valence-electron chi connectivity index (χ3n) is 16.6. The third-order valence-corrected chi connectivity index (χ3v) is 17.1. The van der Waals surface area contributed by atoms with E-state index in [0.717, 1.165) is 145 Å². The topological polar surface area (TPSA) is 81.2 Å². The Morgan fingerprint density at radius 2 is 0.582 bits per heavy atom. The number of benzene rings is 3. The van der Waals surface area contributed by atoms with Crippen molar-refractivity contribution in [1.29, 1.82) is 0 Å². The van der Waals surface area contributed by atoms with E-state index in [9.17, 15) is 0 Å². The monoisotopic (exact) mass is 1110 g/mol. The fraction of sp³-hybridized carbons (Fsp3) is 0.686. The smallest absolute Gasteiger partial charge is 0.203 e. The molecule has 0 amide bonds. The van der Waals surface area contributed by atoms with Crippen LogP contribution in [0.4, 0.5) is 0 Å². The van der Waals surface area contributed by atoms with E-state index in [1.807, 2.05) is 0 Å². The standard InChI is InChI=1S/C70H112N2O6S/c1-13-25-31-53(19-7)47-73-63-43-59(44-64(74-48-54(20-8)32-26-14-2)69(63)77-51-57(23-11)35-29-17-5)37-39-61-41-42-62(68-67(61)71-79-72-68)40-38-60-45-65(75-49-55(21-9)33-27-15-3)70(78-52-58(24-12)36-30-18-6)66(46-60)76-50-56(22-10)34-28-16-4/h37-46,53-58H,13-36,47-52H2,1-12H3/b39-37+,40-38+. The van der Waals surface area contributed by atoms with Crippen molar-refractivity contribution in [2.75, 3.05) is 39.6 Å². The lowest BCUT2D eigenvalue weighted by Gasteiger charge is -2.23. The Hall–Kier alpha value is -4.24. The van der Waals surface area contributed by atoms with Crippen LogP contribution >= 0.6 is 11.7 Å². The fourth-order valence-corrected chi connectivity index (χ4v) is 10.9. The molecule has 0 saturated heterocycles. The van der Waals surface area contributed by atoms with Crippen LogP contribution in [0.2, 0.25) is 0 Å². The molecule has 0 N–H and O–H groups in total. The van der Waals surface area contributed by atoms with Gasteiger partial charge >= 0.3 is 0 Å². The number of rotatable bonds is 46. The van der Waals surface area contributed by atoms with Crippen molar-refractivity contribution in [3.63, 3.8) is 0 Å². The number of hydrogen-bond acceptors (Lipinski definition) is 9. The summed E-state index contributed by atoms with van der Waals surface area (Å²) >= 11 is 1.25. The molecule has 0 spiro atoms. The molecule has 0 fully saturated rings. The minimum Gasteiger partial charge on any atom is -0.489 e. The molecule has 6 unspecified atom stereocenters. The van der Waals surface area contributed by atoms with Crippen LogP contribution in [0.15, 0.2) is 36.4 Å². The van der Waals surface area contributed by atoms with Gasteiger partial charge in [-0.1, -0.05) is 235 Å². The lowest BCUT2D eigenvalue weighted by molar-refractivity contribution is 0.180. The van der Waals surface area contributed by atoms with Crippen LogP contribution in [-0.4, -0.2) is 48.4 Å². The second kappa shape index (κ2) is 40.0. The van der Waals surface area contributed by atoms with Crippen molar-refractivity contribution < 1.29 is 28.4 Å². The summed E-state index contributed by atoms with van der Waals surface area (Å²) < 4.78 is 50.9. The maximum absolute atomic E-state index is 6.86. The molecular formula is C70H112N2O6S. The van der Waals surface area contributed by atoms with Crippen LogP contribution in [0.5, 0.6) is 34.5 Å². The Bertz CT molecular complexity index is 2050. The predicted octanol–water partition coefficient (Wildman–Crippen LogP) is 21.6. The molecule has 8 nitrogen and oxygen atoms in total. The maximum atomic E-state index is 6.86. The fourth-order valence-electron chi connectivity index (χ4n) is 10.3. The average molecular weight is 1110 g/mol. The van der Waals surface area contributed by atoms with Gasteiger partial charge in [0.1, 0.15) is 11.0 Å². The average Bonchev–Trinajstić information content (AvgIpc) is 3.98. The maximum Gasteiger partial charge on any atom is 0.203 e. The number of nitrogens with zero attached hydrogens (tertiary/aromatic N) is 2. The van der Waals surface area contributed by atoms with Crippen molar-refractivity contribution in [2.45, 2.75) is 237 Å². The van der Waals surface area contributed by atoms with Crippen molar-refractivity contribution in [3.05, 3.63) is 58.7 Å². The van der Waals surface area contributed by atoms with Gasteiger partial charge in [0, 0.05) is 11.1 Å². The lowest BCUT2D eigenvalue weighted by atomic mass is 10.00. The van der Waals surface area contributed by atoms with Crippen molar-refractivity contribution in [2.24, 2.45) is 35.5 Å². The summed E-state index contributed by atoms with van der Waals surface area (Å²) in [6.07, 6.45) is 36.4. The number of fused-ring (bicyclic) bond motifs is 1. The van der Waals surface area contributed by atoms with E-state index in [0.29, 0.717) is 75.1 Å². The van der Waals surface area contributed by atoms with Gasteiger partial charge in [0.2, 0.25) is 11.5 Å². The molecule has 1 heterocycles. The van der Waals surface area contributed by atoms with Crippen LogP contribution in [0, 0.1) is 35.5 Å². The van der Waals surface area contributed by atoms with Crippen LogP contribution < -0.4 is 28.4 Å². The Kier molecular flexibility index (Phi) is 34.1. The second-order valence-corrected chi connectivity index (χ2v) is 23.5. The first kappa shape index (κ1) is 67.3. The number of aromatic nitrogens is 2. The summed E-state index contributed by atoms with van der Waals surface area (Å²) in [4.78, 5) is 0. The highest BCUT2D eigenvalue weighted by Crippen LogP contribution is 2.43. The van der Waals surface area contributed by atoms with E-state index < -0.39 is 0 Å². The van der Waals surface area contributed by atoms with Gasteiger partial charge < -0.3 is 28.4 Å². The second-order valence-electron chi connectivity index (χ2n) is 22.9. The number of ether oxygens (including phenoxy) is 6. The molecule has 9 heteroatoms. The van der Waals surface area contributed by atoms with Crippen molar-refractivity contribution in [1.82, 2.24) is 8.75 Å². The lowest BCUT2D eigenvalue weighted by Crippen LogP contribution is -2.16. The van der Waals surface area contributed by atoms with Crippen molar-refractivity contribution >= 4 is 47.1 Å². The minimum atomic E-state index is 0.474. The minimum absolute atomic E-state index is 0.474. The van der Waals surface area contributed by atoms with E-state index in [1.54, 1.807) is 0 Å². The van der Waals surface area contributed by atoms with Crippen LogP contribution in [0.1, 0.15) is 259 Å². The molecule has 0 bridgehead atoms. The van der Waals surface area contributed by atoms with E-state index in [2.05, 4.69) is 144 Å². The van der Waals surface area contributed by atoms with Crippen LogP contribution in [0.25, 0.3) is 35.3 Å². The zero-order valence-electron chi connectivity index (χ0n) is 52.2. The largest absolute Gasteiger partial charge is 0.489 e. The molecular weight excluding hydrogens is 997 g/mol. The van der Waals surface area contributed by atoms with Gasteiger partial charge in [-0.05, 0) is 109 Å². The molecule has 0 aliphatic carbocycles. The zero-order valence-corrected chi connectivity index (χ0v) is 53.0. The quantitative estimate of drug-likeness (QED) is 0.0405. The van der Waals surface area contributed by atoms with Gasteiger partial charge in [-0.2, -0.15) is 8.75 Å². The number of unbranched alkanes of at least 4 members (excludes halogenated alkanes) is 6. The summed E-state index contributed by atoms with van der Waals surface area (Å²) in [7, 11) is 0. The Balaban J connectivity index is 1.79. The summed E-state index contributed by atoms with van der Waals surface area (Å²) in [6.45, 7) is 31.2. The van der Waals surface area contributed by atoms with Crippen molar-refractivity contribution in [3.8, 4) is 34.5 Å². The Morgan fingerprint density at radius 1 is 0.342 bits per heavy atom. The van der Waals surface area contributed by atoms with Gasteiger partial charge in [0.05, 0.1) is 51.4 Å². The summed E-state index contributed by atoms with van der Waals surface area (Å²) in [6, 6.07) is 12.9. The highest BCUT2D eigenvalue weighted by molar-refractivity contribution is 7.00. The van der Waals surface area contributed by atoms with E-state index in [1.165, 1.54) is 88.8 Å². The van der Waals surface area contributed by atoms with E-state index in [-0.39, 0.29) is 0 Å². The Morgan fingerprint density at radius 3 is 0.810 bits per heavy atom. The highest BCUT2D eigenvalue weighted by Gasteiger charge is 2.23. The molecule has 6 atom stereocenters. The normalized spacial score (nSPS) is 14.2. The molecule has 0 saturated carbocycles. The molecule has 1 aromatic heterocycles. The van der Waals surface area contributed by atoms with Crippen LogP contribution in [-0.2, 0) is 0 Å². The molecule has 0 aliphatic rings. The molecule has 3 aromatic carbocycles.